The van der Waals surface area contributed by atoms with Gasteiger partial charge in [-0.25, -0.2) is 0 Å². The van der Waals surface area contributed by atoms with Crippen molar-refractivity contribution in [3.8, 4) is 23.0 Å². The van der Waals surface area contributed by atoms with Gasteiger partial charge in [-0.3, -0.25) is 0 Å². The summed E-state index contributed by atoms with van der Waals surface area (Å²) in [5.74, 6) is 2.22. The van der Waals surface area contributed by atoms with Crippen molar-refractivity contribution in [1.29, 1.82) is 0 Å². The molecule has 1 aromatic heterocycles. The molecule has 0 atom stereocenters. The molecule has 0 unspecified atom stereocenters. The van der Waals surface area contributed by atoms with E-state index in [1.54, 1.807) is 0 Å². The molecule has 6 rings (SSSR count). The molecule has 0 saturated carbocycles. The molecule has 33 heavy (non-hydrogen) atoms. The average Bonchev–Trinajstić information content (AvgIpc) is 3.32. The molecule has 7 heteroatoms. The van der Waals surface area contributed by atoms with Crippen molar-refractivity contribution < 1.29 is 27.0 Å². The molecule has 174 valence electrons. The Balaban J connectivity index is 1.68. The minimum atomic E-state index is -5.50. The Morgan fingerprint density at radius 3 is 2.00 bits per heavy atom. The zero-order chi connectivity index (χ0) is 23.3. The van der Waals surface area contributed by atoms with E-state index >= 15 is 0 Å². The van der Waals surface area contributed by atoms with Gasteiger partial charge < -0.3 is 0 Å². The fourth-order valence-corrected chi connectivity index (χ4v) is 9.34. The topological polar surface area (TPSA) is 50.0 Å². The Bertz CT molecular complexity index is 1330. The van der Waals surface area contributed by atoms with Crippen LogP contribution in [0, 0.1) is 0 Å². The molecule has 0 fully saturated rings. The van der Waals surface area contributed by atoms with Crippen LogP contribution in [0.2, 0.25) is 0 Å². The molecule has 4 heterocycles. The molecule has 0 radical (unpaired) electrons. The van der Waals surface area contributed by atoms with E-state index in [4.69, 9.17) is 22.6 Å². The molecular weight excluding hydrogens is 437 g/mol. The van der Waals surface area contributed by atoms with Crippen LogP contribution in [0.15, 0.2) is 60.8 Å². The fraction of sp³-hybridized carbons (Fsp3) is 0.346. The number of pyridine rings is 1. The van der Waals surface area contributed by atoms with Crippen LogP contribution in [0.1, 0.15) is 58.4 Å². The van der Waals surface area contributed by atoms with Crippen molar-refractivity contribution in [3.05, 3.63) is 77.6 Å². The number of aromatic nitrogens is 1. The van der Waals surface area contributed by atoms with Gasteiger partial charge in [0.1, 0.15) is 0 Å². The predicted molar refractivity (Wildman–Crippen MR) is 127 cm³/mol. The van der Waals surface area contributed by atoms with Crippen LogP contribution in [-0.2, 0) is 22.0 Å². The van der Waals surface area contributed by atoms with Gasteiger partial charge in [0.25, 0.3) is 0 Å². The van der Waals surface area contributed by atoms with Crippen molar-refractivity contribution in [1.82, 2.24) is 0 Å². The maximum absolute atomic E-state index is 6.94. The van der Waals surface area contributed by atoms with Gasteiger partial charge in [-0.05, 0) is 0 Å². The monoisotopic (exact) mass is 467 g/mol. The van der Waals surface area contributed by atoms with Crippen LogP contribution >= 0.6 is 7.23 Å². The normalized spacial score (nSPS) is 22.4. The second kappa shape index (κ2) is 5.63. The SMILES string of the molecule is CC(C)(C)c1cc2c(c(C(C)(C)C)c1)O[P-]13(OCc4cccc[n+]41)(Oc1ccccc1O3)O2. The van der Waals surface area contributed by atoms with Gasteiger partial charge in [0.2, 0.25) is 0 Å². The zero-order valence-electron chi connectivity index (χ0n) is 19.9. The van der Waals surface area contributed by atoms with Gasteiger partial charge in [0.15, 0.2) is 0 Å². The molecule has 2 aromatic carbocycles. The quantitative estimate of drug-likeness (QED) is 0.355. The summed E-state index contributed by atoms with van der Waals surface area (Å²) >= 11 is 0. The first-order valence-electron chi connectivity index (χ1n) is 11.3. The summed E-state index contributed by atoms with van der Waals surface area (Å²) in [6.07, 6.45) is 1.86. The third-order valence-electron chi connectivity index (χ3n) is 6.57. The van der Waals surface area contributed by atoms with E-state index in [9.17, 15) is 0 Å². The Hall–Kier alpha value is -2.82. The maximum atomic E-state index is 6.94. The summed E-state index contributed by atoms with van der Waals surface area (Å²) in [6.45, 7) is 13.3. The van der Waals surface area contributed by atoms with E-state index in [0.717, 1.165) is 16.8 Å². The number of benzene rings is 2. The van der Waals surface area contributed by atoms with E-state index in [1.165, 1.54) is 0 Å². The van der Waals surface area contributed by atoms with Crippen LogP contribution in [-0.4, -0.2) is 0 Å². The third-order valence-corrected chi connectivity index (χ3v) is 10.8. The van der Waals surface area contributed by atoms with Gasteiger partial charge in [-0.1, -0.05) is 0 Å². The number of hydrogen-bond donors (Lipinski definition) is 0. The van der Waals surface area contributed by atoms with E-state index in [-0.39, 0.29) is 17.4 Å². The first-order chi connectivity index (χ1) is 15.4. The number of para-hydroxylation sites is 2. The number of rotatable bonds is 0. The Kier molecular flexibility index (Phi) is 3.54. The van der Waals surface area contributed by atoms with Crippen molar-refractivity contribution in [2.24, 2.45) is 0 Å². The molecule has 3 aromatic rings. The van der Waals surface area contributed by atoms with Crippen molar-refractivity contribution in [2.75, 3.05) is 0 Å². The van der Waals surface area contributed by atoms with Crippen molar-refractivity contribution >= 4 is 7.23 Å². The molecule has 3 aliphatic rings. The van der Waals surface area contributed by atoms with Crippen LogP contribution in [0.5, 0.6) is 23.0 Å². The first-order valence-corrected chi connectivity index (χ1v) is 13.5. The predicted octanol–water partition coefficient (Wildman–Crippen LogP) is 6.47. The Labute approximate surface area is 194 Å². The molecule has 0 aliphatic carbocycles. The fourth-order valence-electron chi connectivity index (χ4n) is 4.80. The van der Waals surface area contributed by atoms with E-state index < -0.39 is 7.23 Å². The Morgan fingerprint density at radius 2 is 1.36 bits per heavy atom. The Morgan fingerprint density at radius 1 is 0.727 bits per heavy atom. The van der Waals surface area contributed by atoms with E-state index in [2.05, 4.69) is 47.6 Å². The van der Waals surface area contributed by atoms with Gasteiger partial charge in [0, 0.05) is 0 Å². The van der Waals surface area contributed by atoms with Crippen molar-refractivity contribution in [3.63, 3.8) is 0 Å². The second-order valence-electron chi connectivity index (χ2n) is 11.1. The number of nitrogens with zero attached hydrogens (tertiary/aromatic N) is 1. The molecule has 0 bridgehead atoms. The van der Waals surface area contributed by atoms with Gasteiger partial charge in [0.05, 0.1) is 0 Å². The van der Waals surface area contributed by atoms with Crippen LogP contribution in [0.25, 0.3) is 0 Å². The molecule has 6 nitrogen and oxygen atoms in total. The summed E-state index contributed by atoms with van der Waals surface area (Å²) in [5.41, 5.74) is 2.68. The number of fused-ring (bicyclic) bond motifs is 3. The molecule has 0 N–H and O–H groups in total. The first kappa shape index (κ1) is 20.8. The third kappa shape index (κ3) is 2.48. The number of hydrogen-bond acceptors (Lipinski definition) is 5. The van der Waals surface area contributed by atoms with E-state index in [0.29, 0.717) is 23.0 Å². The minimum absolute atomic E-state index is 0.0950. The average molecular weight is 468 g/mol. The zero-order valence-corrected chi connectivity index (χ0v) is 20.8. The van der Waals surface area contributed by atoms with Crippen LogP contribution in [0.3, 0.4) is 0 Å². The second-order valence-corrected chi connectivity index (χ2v) is 14.9. The van der Waals surface area contributed by atoms with Gasteiger partial charge in [-0.2, -0.15) is 0 Å². The summed E-state index contributed by atoms with van der Waals surface area (Å²) in [4.78, 5) is 0. The summed E-state index contributed by atoms with van der Waals surface area (Å²) in [6, 6.07) is 17.5. The molecule has 1 spiro atoms. The summed E-state index contributed by atoms with van der Waals surface area (Å²) in [5, 5.41) is 0. The van der Waals surface area contributed by atoms with E-state index in [1.807, 2.05) is 59.1 Å². The van der Waals surface area contributed by atoms with Gasteiger partial charge >= 0.3 is 194 Å². The van der Waals surface area contributed by atoms with Crippen molar-refractivity contribution in [2.45, 2.75) is 59.0 Å². The van der Waals surface area contributed by atoms with Crippen LogP contribution in [0.4, 0.5) is 0 Å². The molecule has 0 saturated heterocycles. The summed E-state index contributed by atoms with van der Waals surface area (Å²) in [7, 11) is -5.50. The molecule has 3 aliphatic heterocycles. The molecule has 0 amide bonds. The van der Waals surface area contributed by atoms with Gasteiger partial charge in [-0.15, -0.1) is 0 Å². The molecular formula is C26H30NO5P. The van der Waals surface area contributed by atoms with Crippen LogP contribution < -0.4 is 22.4 Å². The summed E-state index contributed by atoms with van der Waals surface area (Å²) < 4.78 is 35.6. The standard InChI is InChI=1S/C26H30NO5P/c1-25(2,3)18-15-20(26(4,5)6)24-23(16-18)31-33(32-24,27-14-10-9-11-19(27)17-28-33)29-21-12-7-8-13-22(21)30-33/h7-16H,17H2,1-6H3.